The maximum absolute atomic E-state index is 13.1. The van der Waals surface area contributed by atoms with E-state index in [9.17, 15) is 9.59 Å². The predicted octanol–water partition coefficient (Wildman–Crippen LogP) is 4.16. The van der Waals surface area contributed by atoms with Crippen LogP contribution >= 0.6 is 0 Å². The fourth-order valence-corrected chi connectivity index (χ4v) is 5.01. The number of ether oxygens (including phenoxy) is 1. The van der Waals surface area contributed by atoms with Crippen molar-refractivity contribution in [2.24, 2.45) is 34.5 Å². The van der Waals surface area contributed by atoms with E-state index >= 15 is 0 Å². The van der Waals surface area contributed by atoms with E-state index in [-0.39, 0.29) is 40.7 Å². The molecule has 2 aliphatic carbocycles. The molecule has 2 fully saturated rings. The summed E-state index contributed by atoms with van der Waals surface area (Å²) in [6.45, 7) is 13.0. The summed E-state index contributed by atoms with van der Waals surface area (Å²) in [7, 11) is 0. The normalized spacial score (nSPS) is 42.0. The Morgan fingerprint density at radius 1 is 1.09 bits per heavy atom. The summed E-state index contributed by atoms with van der Waals surface area (Å²) in [5.74, 6) is 0.885. The molecule has 23 heavy (non-hydrogen) atoms. The smallest absolute Gasteiger partial charge is 0.306 e. The van der Waals surface area contributed by atoms with Crippen molar-refractivity contribution in [3.63, 3.8) is 0 Å². The fourth-order valence-electron chi connectivity index (χ4n) is 5.01. The van der Waals surface area contributed by atoms with Crippen molar-refractivity contribution in [3.05, 3.63) is 11.6 Å². The second-order valence-corrected chi connectivity index (χ2v) is 9.18. The van der Waals surface area contributed by atoms with Gasteiger partial charge in [0.1, 0.15) is 11.9 Å². The lowest BCUT2D eigenvalue weighted by atomic mass is 9.70. The Bertz CT molecular complexity index is 569. The molecule has 0 bridgehead atoms. The second kappa shape index (κ2) is 5.19. The minimum Gasteiger partial charge on any atom is -0.458 e. The molecule has 1 saturated carbocycles. The molecule has 0 amide bonds. The zero-order chi connectivity index (χ0) is 17.2. The van der Waals surface area contributed by atoms with Crippen LogP contribution in [0.15, 0.2) is 11.6 Å². The molecule has 0 aromatic rings. The zero-order valence-electron chi connectivity index (χ0n) is 15.3. The van der Waals surface area contributed by atoms with Crippen molar-refractivity contribution in [1.82, 2.24) is 0 Å². The van der Waals surface area contributed by atoms with Gasteiger partial charge in [-0.15, -0.1) is 0 Å². The zero-order valence-corrected chi connectivity index (χ0v) is 15.3. The van der Waals surface area contributed by atoms with Gasteiger partial charge in [0.25, 0.3) is 0 Å². The highest BCUT2D eigenvalue weighted by Crippen LogP contribution is 2.55. The number of rotatable bonds is 0. The van der Waals surface area contributed by atoms with Gasteiger partial charge in [-0.1, -0.05) is 40.2 Å². The molecule has 3 heteroatoms. The van der Waals surface area contributed by atoms with E-state index < -0.39 is 0 Å². The van der Waals surface area contributed by atoms with Crippen molar-refractivity contribution in [2.45, 2.75) is 66.9 Å². The maximum atomic E-state index is 13.1. The summed E-state index contributed by atoms with van der Waals surface area (Å²) in [4.78, 5) is 25.6. The first-order valence-electron chi connectivity index (χ1n) is 8.96. The van der Waals surface area contributed by atoms with Gasteiger partial charge in [0.15, 0.2) is 0 Å². The molecule has 3 nitrogen and oxygen atoms in total. The van der Waals surface area contributed by atoms with E-state index in [2.05, 4.69) is 47.6 Å². The highest BCUT2D eigenvalue weighted by molar-refractivity contribution is 5.84. The molecule has 0 aromatic heterocycles. The highest BCUT2D eigenvalue weighted by atomic mass is 16.5. The molecule has 0 N–H and O–H groups in total. The SMILES string of the molecule is CC1=CC2OC(=O)CC3C(CC(C)C3(C)C)C(=O)CC2C1(C)C. The van der Waals surface area contributed by atoms with Gasteiger partial charge in [0.05, 0.1) is 0 Å². The molecule has 0 spiro atoms. The third kappa shape index (κ3) is 2.47. The first kappa shape index (κ1) is 16.7. The van der Waals surface area contributed by atoms with Crippen LogP contribution in [0.4, 0.5) is 0 Å². The summed E-state index contributed by atoms with van der Waals surface area (Å²) in [5, 5.41) is 0. The van der Waals surface area contributed by atoms with Crippen LogP contribution < -0.4 is 0 Å². The molecule has 3 rings (SSSR count). The quantitative estimate of drug-likeness (QED) is 0.497. The van der Waals surface area contributed by atoms with E-state index in [4.69, 9.17) is 4.74 Å². The Hall–Kier alpha value is -1.12. The molecule has 0 aromatic carbocycles. The minimum atomic E-state index is -0.235. The molecular weight excluding hydrogens is 288 g/mol. The molecule has 1 aliphatic heterocycles. The van der Waals surface area contributed by atoms with E-state index in [0.29, 0.717) is 24.5 Å². The van der Waals surface area contributed by atoms with Gasteiger partial charge in [-0.2, -0.15) is 0 Å². The van der Waals surface area contributed by atoms with Gasteiger partial charge < -0.3 is 4.74 Å². The van der Waals surface area contributed by atoms with Crippen molar-refractivity contribution in [2.75, 3.05) is 0 Å². The Morgan fingerprint density at radius 3 is 2.39 bits per heavy atom. The summed E-state index contributed by atoms with van der Waals surface area (Å²) in [5.41, 5.74) is 1.16. The number of hydrogen-bond donors (Lipinski definition) is 0. The average Bonchev–Trinajstić information content (AvgIpc) is 2.79. The van der Waals surface area contributed by atoms with Crippen LogP contribution in [-0.4, -0.2) is 17.9 Å². The van der Waals surface area contributed by atoms with Gasteiger partial charge in [0.2, 0.25) is 0 Å². The third-order valence-electron chi connectivity index (χ3n) is 7.56. The van der Waals surface area contributed by atoms with E-state index in [1.807, 2.05) is 0 Å². The standard InChI is InChI=1S/C20H30O3/c1-11-7-13-14(19(11,3)4)10-18(22)23-17-8-12(2)20(5,6)15(17)9-16(13)21/h8,11,13-15,17H,7,9-10H2,1-6H3. The number of carbonyl (C=O) groups excluding carboxylic acids is 2. The van der Waals surface area contributed by atoms with Crippen LogP contribution in [0.3, 0.4) is 0 Å². The van der Waals surface area contributed by atoms with Crippen LogP contribution in [0.25, 0.3) is 0 Å². The molecule has 5 unspecified atom stereocenters. The fraction of sp³-hybridized carbons (Fsp3) is 0.800. The Kier molecular flexibility index (Phi) is 3.77. The molecule has 0 radical (unpaired) electrons. The van der Waals surface area contributed by atoms with Crippen molar-refractivity contribution in [1.29, 1.82) is 0 Å². The molecule has 128 valence electrons. The lowest BCUT2D eigenvalue weighted by Gasteiger charge is -2.32. The van der Waals surface area contributed by atoms with E-state index in [1.165, 1.54) is 5.57 Å². The Labute approximate surface area is 139 Å². The van der Waals surface area contributed by atoms with Crippen LogP contribution in [0.2, 0.25) is 0 Å². The monoisotopic (exact) mass is 318 g/mol. The van der Waals surface area contributed by atoms with Gasteiger partial charge in [-0.3, -0.25) is 9.59 Å². The molecule has 1 saturated heterocycles. The van der Waals surface area contributed by atoms with Crippen LogP contribution in [0.5, 0.6) is 0 Å². The molecular formula is C20H30O3. The number of allylic oxidation sites excluding steroid dienone is 1. The maximum Gasteiger partial charge on any atom is 0.306 e. The molecule has 3 aliphatic rings. The van der Waals surface area contributed by atoms with Gasteiger partial charge in [0, 0.05) is 24.7 Å². The van der Waals surface area contributed by atoms with Crippen LogP contribution in [0.1, 0.15) is 60.8 Å². The lowest BCUT2D eigenvalue weighted by molar-refractivity contribution is -0.151. The number of ketones is 1. The number of Topliss-reactive ketones (excluding diaryl/α,β-unsaturated/α-hetero) is 1. The minimum absolute atomic E-state index is 0.0140. The first-order chi connectivity index (χ1) is 10.5. The first-order valence-corrected chi connectivity index (χ1v) is 8.96. The van der Waals surface area contributed by atoms with Gasteiger partial charge >= 0.3 is 5.97 Å². The number of carbonyl (C=O) groups is 2. The largest absolute Gasteiger partial charge is 0.458 e. The van der Waals surface area contributed by atoms with Crippen LogP contribution in [0, 0.1) is 34.5 Å². The Morgan fingerprint density at radius 2 is 1.74 bits per heavy atom. The summed E-state index contributed by atoms with van der Waals surface area (Å²) < 4.78 is 5.82. The Balaban J connectivity index is 1.96. The summed E-state index contributed by atoms with van der Waals surface area (Å²) in [6, 6.07) is 0. The van der Waals surface area contributed by atoms with E-state index in [0.717, 1.165) is 6.42 Å². The average molecular weight is 318 g/mol. The van der Waals surface area contributed by atoms with Crippen molar-refractivity contribution >= 4 is 11.8 Å². The lowest BCUT2D eigenvalue weighted by Crippen LogP contribution is -2.33. The van der Waals surface area contributed by atoms with Crippen molar-refractivity contribution < 1.29 is 14.3 Å². The highest BCUT2D eigenvalue weighted by Gasteiger charge is 2.53. The molecule has 5 atom stereocenters. The molecule has 1 heterocycles. The number of hydrogen-bond acceptors (Lipinski definition) is 3. The summed E-state index contributed by atoms with van der Waals surface area (Å²) >= 11 is 0. The number of esters is 1. The number of fused-ring (bicyclic) bond motifs is 2. The third-order valence-corrected chi connectivity index (χ3v) is 7.56. The van der Waals surface area contributed by atoms with Crippen molar-refractivity contribution in [3.8, 4) is 0 Å². The van der Waals surface area contributed by atoms with Crippen LogP contribution in [-0.2, 0) is 14.3 Å². The van der Waals surface area contributed by atoms with Gasteiger partial charge in [-0.25, -0.2) is 0 Å². The van der Waals surface area contributed by atoms with E-state index in [1.54, 1.807) is 0 Å². The van der Waals surface area contributed by atoms with Gasteiger partial charge in [-0.05, 0) is 42.1 Å². The second-order valence-electron chi connectivity index (χ2n) is 9.18. The summed E-state index contributed by atoms with van der Waals surface area (Å²) in [6.07, 6.45) is 3.65. The topological polar surface area (TPSA) is 43.4 Å². The predicted molar refractivity (Wildman–Crippen MR) is 89.7 cm³/mol.